The number of benzene rings is 2. The van der Waals surface area contributed by atoms with E-state index in [2.05, 4.69) is 59.4 Å². The second-order valence-corrected chi connectivity index (χ2v) is 14.8. The van der Waals surface area contributed by atoms with Crippen LogP contribution in [0, 0.1) is 0 Å². The zero-order valence-corrected chi connectivity index (χ0v) is 27.7. The molecule has 2 aromatic carbocycles. The van der Waals surface area contributed by atoms with E-state index in [9.17, 15) is 9.36 Å². The predicted molar refractivity (Wildman–Crippen MR) is 178 cm³/mol. The molecule has 4 aromatic rings. The number of Topliss-reactive ketones (excluding diaryl/α,β-unsaturated/α-hetero) is 1. The molecule has 1 aliphatic rings. The molecule has 10 nitrogen and oxygen atoms in total. The highest BCUT2D eigenvalue weighted by Crippen LogP contribution is 2.42. The Bertz CT molecular complexity index is 1720. The highest BCUT2D eigenvalue weighted by molar-refractivity contribution is 9.10. The fourth-order valence-electron chi connectivity index (χ4n) is 5.30. The van der Waals surface area contributed by atoms with Crippen molar-refractivity contribution in [3.05, 3.63) is 52.5 Å². The van der Waals surface area contributed by atoms with E-state index < -0.39 is 7.14 Å². The summed E-state index contributed by atoms with van der Waals surface area (Å²) in [6.45, 7) is 11.5. The Labute approximate surface area is 260 Å². The maximum Gasteiger partial charge on any atom is 0.229 e. The number of rotatable bonds is 10. The molecule has 3 heterocycles. The number of piperidine rings is 1. The lowest BCUT2D eigenvalue weighted by Crippen LogP contribution is -2.34. The van der Waals surface area contributed by atoms with Crippen molar-refractivity contribution in [1.82, 2.24) is 19.9 Å². The lowest BCUT2D eigenvalue weighted by molar-refractivity contribution is -0.119. The highest BCUT2D eigenvalue weighted by Gasteiger charge is 2.23. The molecular formula is C31H37BrN7O3P. The number of carbonyl (C=O) groups excluding carboxylic acids is 1. The van der Waals surface area contributed by atoms with Gasteiger partial charge in [-0.05, 0) is 66.4 Å². The molecule has 0 amide bonds. The molecule has 0 radical (unpaired) electrons. The number of ether oxygens (including phenoxy) is 1. The van der Waals surface area contributed by atoms with E-state index in [1.807, 2.05) is 32.0 Å². The molecule has 0 bridgehead atoms. The van der Waals surface area contributed by atoms with Crippen molar-refractivity contribution in [3.63, 3.8) is 0 Å². The van der Waals surface area contributed by atoms with Crippen LogP contribution in [0.1, 0.15) is 45.0 Å². The van der Waals surface area contributed by atoms with Gasteiger partial charge in [0.15, 0.2) is 0 Å². The molecule has 1 aliphatic heterocycles. The van der Waals surface area contributed by atoms with Crippen LogP contribution in [0.5, 0.6) is 5.75 Å². The third-order valence-corrected chi connectivity index (χ3v) is 9.55. The number of nitrogens with zero attached hydrogens (tertiary/aromatic N) is 5. The lowest BCUT2D eigenvalue weighted by Gasteiger charge is -2.31. The van der Waals surface area contributed by atoms with Crippen molar-refractivity contribution in [2.24, 2.45) is 0 Å². The zero-order chi connectivity index (χ0) is 30.7. The van der Waals surface area contributed by atoms with Gasteiger partial charge in [-0.3, -0.25) is 4.79 Å². The summed E-state index contributed by atoms with van der Waals surface area (Å²) < 4.78 is 20.2. The summed E-state index contributed by atoms with van der Waals surface area (Å²) in [6, 6.07) is 7.92. The summed E-state index contributed by atoms with van der Waals surface area (Å²) in [5.74, 6) is 2.63. The number of hydrogen-bond acceptors (Lipinski definition) is 10. The number of carbonyl (C=O) groups is 1. The van der Waals surface area contributed by atoms with E-state index in [-0.39, 0.29) is 0 Å². The first kappa shape index (κ1) is 30.9. The second kappa shape index (κ2) is 13.0. The van der Waals surface area contributed by atoms with E-state index in [0.29, 0.717) is 71.3 Å². The summed E-state index contributed by atoms with van der Waals surface area (Å²) in [5, 5.41) is 8.17. The average molecular weight is 667 g/mol. The third kappa shape index (κ3) is 6.83. The summed E-state index contributed by atoms with van der Waals surface area (Å²) in [6.07, 6.45) is 6.09. The predicted octanol–water partition coefficient (Wildman–Crippen LogP) is 6.61. The van der Waals surface area contributed by atoms with Crippen LogP contribution in [0.25, 0.3) is 10.9 Å². The van der Waals surface area contributed by atoms with Crippen molar-refractivity contribution in [3.8, 4) is 5.75 Å². The first-order valence-electron chi connectivity index (χ1n) is 14.6. The van der Waals surface area contributed by atoms with Gasteiger partial charge in [-0.1, -0.05) is 13.8 Å². The maximum absolute atomic E-state index is 13.5. The molecule has 0 spiro atoms. The average Bonchev–Trinajstić information content (AvgIpc) is 2.99. The van der Waals surface area contributed by atoms with Gasteiger partial charge in [0.1, 0.15) is 30.3 Å². The van der Waals surface area contributed by atoms with Crippen LogP contribution in [-0.4, -0.2) is 58.7 Å². The number of aryl methyl sites for hydroxylation is 2. The fraction of sp³-hybridized carbons (Fsp3) is 0.387. The summed E-state index contributed by atoms with van der Waals surface area (Å²) >= 11 is 3.57. The Morgan fingerprint density at radius 2 is 1.74 bits per heavy atom. The van der Waals surface area contributed by atoms with Gasteiger partial charge in [-0.25, -0.2) is 15.0 Å². The van der Waals surface area contributed by atoms with E-state index >= 15 is 0 Å². The van der Waals surface area contributed by atoms with Gasteiger partial charge in [0.25, 0.3) is 0 Å². The topological polar surface area (TPSA) is 122 Å². The largest absolute Gasteiger partial charge is 0.492 e. The molecule has 0 saturated carbocycles. The molecule has 2 N–H and O–H groups in total. The van der Waals surface area contributed by atoms with Gasteiger partial charge in [0.2, 0.25) is 5.95 Å². The molecular weight excluding hydrogens is 629 g/mol. The molecule has 0 atom stereocenters. The normalized spacial score (nSPS) is 13.8. The Kier molecular flexibility index (Phi) is 9.32. The third-order valence-electron chi connectivity index (χ3n) is 7.41. The number of fused-ring (bicyclic) bond motifs is 1. The maximum atomic E-state index is 13.5. The van der Waals surface area contributed by atoms with Gasteiger partial charge in [-0.15, -0.1) is 0 Å². The smallest absolute Gasteiger partial charge is 0.229 e. The SMILES string of the molecule is CCOc1cc(N2CCC(=O)CC2)c(CC)cc1Nc1ncc(Br)c(Nc2ccc3nc(CC)ncc3c2P(C)(C)=O)n1. The van der Waals surface area contributed by atoms with E-state index in [4.69, 9.17) is 9.72 Å². The molecule has 226 valence electrons. The number of anilines is 5. The molecule has 0 aliphatic carbocycles. The van der Waals surface area contributed by atoms with Gasteiger partial charge in [0.05, 0.1) is 28.0 Å². The number of nitrogens with one attached hydrogen (secondary N) is 2. The molecule has 12 heteroatoms. The summed E-state index contributed by atoms with van der Waals surface area (Å²) in [4.78, 5) is 32.5. The monoisotopic (exact) mass is 665 g/mol. The number of halogens is 1. The Balaban J connectivity index is 1.49. The van der Waals surface area contributed by atoms with Gasteiger partial charge in [-0.2, -0.15) is 4.98 Å². The molecule has 43 heavy (non-hydrogen) atoms. The standard InChI is InChI=1S/C31H37BrN7O3P/c1-6-19-15-25(27(42-8-3)16-26(19)39-13-11-20(40)12-14-39)37-31-34-18-22(32)30(38-31)36-24-10-9-23-21(29(24)43(4,5)41)17-33-28(7-2)35-23/h9-10,15-18H,6-8,11-14H2,1-5H3,(H2,34,36,37,38). The Hall–Kier alpha value is -3.56. The number of ketones is 1. The summed E-state index contributed by atoms with van der Waals surface area (Å²) in [5.41, 5.74) is 4.42. The van der Waals surface area contributed by atoms with Crippen molar-refractivity contribution >= 4 is 73.9 Å². The van der Waals surface area contributed by atoms with Gasteiger partial charge in [0, 0.05) is 67.2 Å². The van der Waals surface area contributed by atoms with Crippen LogP contribution in [0.4, 0.5) is 28.8 Å². The second-order valence-electron chi connectivity index (χ2n) is 10.8. The van der Waals surface area contributed by atoms with Gasteiger partial charge < -0.3 is 24.8 Å². The van der Waals surface area contributed by atoms with Crippen molar-refractivity contribution in [2.75, 3.05) is 48.6 Å². The van der Waals surface area contributed by atoms with Crippen molar-refractivity contribution < 1.29 is 14.1 Å². The Morgan fingerprint density at radius 1 is 0.977 bits per heavy atom. The van der Waals surface area contributed by atoms with Gasteiger partial charge >= 0.3 is 0 Å². The first-order valence-corrected chi connectivity index (χ1v) is 18.0. The van der Waals surface area contributed by atoms with E-state index in [1.165, 1.54) is 0 Å². The number of hydrogen-bond donors (Lipinski definition) is 2. The molecule has 1 saturated heterocycles. The lowest BCUT2D eigenvalue weighted by atomic mass is 10.0. The fourth-order valence-corrected chi connectivity index (χ4v) is 7.06. The van der Waals surface area contributed by atoms with E-state index in [0.717, 1.165) is 46.5 Å². The van der Waals surface area contributed by atoms with Crippen LogP contribution in [0.15, 0.2) is 41.1 Å². The first-order chi connectivity index (χ1) is 20.6. The minimum Gasteiger partial charge on any atom is -0.492 e. The minimum atomic E-state index is -2.74. The van der Waals surface area contributed by atoms with Crippen molar-refractivity contribution in [1.29, 1.82) is 0 Å². The van der Waals surface area contributed by atoms with Crippen molar-refractivity contribution in [2.45, 2.75) is 46.5 Å². The van der Waals surface area contributed by atoms with Crippen LogP contribution in [0.3, 0.4) is 0 Å². The number of aromatic nitrogens is 4. The van der Waals surface area contributed by atoms with E-state index in [1.54, 1.807) is 25.7 Å². The molecule has 1 fully saturated rings. The molecule has 5 rings (SSSR count). The summed E-state index contributed by atoms with van der Waals surface area (Å²) in [7, 11) is -2.74. The van der Waals surface area contributed by atoms with Crippen LogP contribution < -0.4 is 25.6 Å². The Morgan fingerprint density at radius 3 is 2.42 bits per heavy atom. The quantitative estimate of drug-likeness (QED) is 0.179. The minimum absolute atomic E-state index is 0.310. The van der Waals surface area contributed by atoms with Crippen LogP contribution in [-0.2, 0) is 22.2 Å². The zero-order valence-electron chi connectivity index (χ0n) is 25.2. The molecule has 0 unspecified atom stereocenters. The van der Waals surface area contributed by atoms with Crippen LogP contribution in [0.2, 0.25) is 0 Å². The highest BCUT2D eigenvalue weighted by atomic mass is 79.9. The van der Waals surface area contributed by atoms with Crippen LogP contribution >= 0.6 is 23.1 Å². The molecule has 2 aromatic heterocycles.